The van der Waals surface area contributed by atoms with Crippen LogP contribution in [0.5, 0.6) is 0 Å². The first-order valence-corrected chi connectivity index (χ1v) is 6.60. The molecule has 2 aliphatic heterocycles. The lowest BCUT2D eigenvalue weighted by Gasteiger charge is -2.25. The van der Waals surface area contributed by atoms with Gasteiger partial charge in [0.1, 0.15) is 0 Å². The highest BCUT2D eigenvalue weighted by Crippen LogP contribution is 2.11. The molecule has 2 atom stereocenters. The van der Waals surface area contributed by atoms with E-state index in [4.69, 9.17) is 4.74 Å². The number of likely N-dealkylation sites (tertiary alicyclic amines) is 1. The molecule has 2 aliphatic rings. The highest BCUT2D eigenvalue weighted by atomic mass is 16.5. The number of urea groups is 1. The lowest BCUT2D eigenvalue weighted by Crippen LogP contribution is -2.49. The second kappa shape index (κ2) is 6.21. The molecule has 0 bridgehead atoms. The number of ether oxygens (including phenoxy) is 1. The smallest absolute Gasteiger partial charge is 0.317 e. The minimum Gasteiger partial charge on any atom is -0.378 e. The molecule has 5 nitrogen and oxygen atoms in total. The van der Waals surface area contributed by atoms with Crippen LogP contribution in [0.25, 0.3) is 0 Å². The number of rotatable bonds is 2. The molecule has 17 heavy (non-hydrogen) atoms. The lowest BCUT2D eigenvalue weighted by molar-refractivity contribution is 0.0954. The Hall–Kier alpha value is -0.810. The topological polar surface area (TPSA) is 53.6 Å². The first kappa shape index (κ1) is 12.6. The number of carbonyl (C=O) groups is 1. The average Bonchev–Trinajstić information content (AvgIpc) is 2.62. The maximum Gasteiger partial charge on any atom is 0.317 e. The summed E-state index contributed by atoms with van der Waals surface area (Å²) in [4.78, 5) is 14.0. The predicted octanol–water partition coefficient (Wildman–Crippen LogP) is 0.559. The summed E-state index contributed by atoms with van der Waals surface area (Å²) in [5, 5.41) is 6.31. The Morgan fingerprint density at radius 1 is 1.24 bits per heavy atom. The number of hydrogen-bond donors (Lipinski definition) is 2. The number of amides is 2. The minimum atomic E-state index is 0.0719. The summed E-state index contributed by atoms with van der Waals surface area (Å²) < 4.78 is 5.34. The second-order valence-electron chi connectivity index (χ2n) is 4.89. The molecule has 2 amide bonds. The number of carbonyl (C=O) groups excluding carboxylic acids is 1. The van der Waals surface area contributed by atoms with Crippen LogP contribution in [-0.2, 0) is 4.74 Å². The van der Waals surface area contributed by atoms with Crippen molar-refractivity contribution in [3.63, 3.8) is 0 Å². The molecule has 0 aromatic carbocycles. The van der Waals surface area contributed by atoms with Crippen molar-refractivity contribution in [3.05, 3.63) is 0 Å². The van der Waals surface area contributed by atoms with E-state index in [0.29, 0.717) is 0 Å². The zero-order valence-electron chi connectivity index (χ0n) is 10.6. The summed E-state index contributed by atoms with van der Waals surface area (Å²) in [7, 11) is 1.70. The SMILES string of the molecule is CO[C@H]1CNCC1NC(=O)N1CCCCCC1. The molecule has 98 valence electrons. The van der Waals surface area contributed by atoms with Crippen molar-refractivity contribution in [1.82, 2.24) is 15.5 Å². The molecule has 5 heteroatoms. The lowest BCUT2D eigenvalue weighted by atomic mass is 10.2. The van der Waals surface area contributed by atoms with Gasteiger partial charge < -0.3 is 20.3 Å². The van der Waals surface area contributed by atoms with Crippen molar-refractivity contribution in [2.75, 3.05) is 33.3 Å². The summed E-state index contributed by atoms with van der Waals surface area (Å²) in [5.41, 5.74) is 0. The van der Waals surface area contributed by atoms with Crippen molar-refractivity contribution in [3.8, 4) is 0 Å². The van der Waals surface area contributed by atoms with Crippen LogP contribution < -0.4 is 10.6 Å². The fourth-order valence-corrected chi connectivity index (χ4v) is 2.57. The van der Waals surface area contributed by atoms with Crippen molar-refractivity contribution >= 4 is 6.03 Å². The van der Waals surface area contributed by atoms with Crippen molar-refractivity contribution in [1.29, 1.82) is 0 Å². The highest BCUT2D eigenvalue weighted by molar-refractivity contribution is 5.74. The summed E-state index contributed by atoms with van der Waals surface area (Å²) in [6.07, 6.45) is 4.85. The summed E-state index contributed by atoms with van der Waals surface area (Å²) in [5.74, 6) is 0. The minimum absolute atomic E-state index is 0.0719. The molecule has 0 spiro atoms. The van der Waals surface area contributed by atoms with Crippen LogP contribution in [0.15, 0.2) is 0 Å². The van der Waals surface area contributed by atoms with Gasteiger partial charge in [-0.05, 0) is 12.8 Å². The van der Waals surface area contributed by atoms with Gasteiger partial charge in [0.05, 0.1) is 12.1 Å². The molecule has 0 saturated carbocycles. The van der Waals surface area contributed by atoms with Gasteiger partial charge in [-0.15, -0.1) is 0 Å². The van der Waals surface area contributed by atoms with Crippen molar-refractivity contribution in [2.24, 2.45) is 0 Å². The van der Waals surface area contributed by atoms with E-state index in [1.807, 2.05) is 4.90 Å². The van der Waals surface area contributed by atoms with Crippen LogP contribution >= 0.6 is 0 Å². The van der Waals surface area contributed by atoms with Crippen LogP contribution in [0.1, 0.15) is 25.7 Å². The van der Waals surface area contributed by atoms with Crippen molar-refractivity contribution < 1.29 is 9.53 Å². The number of hydrogen-bond acceptors (Lipinski definition) is 3. The van der Waals surface area contributed by atoms with E-state index in [-0.39, 0.29) is 18.2 Å². The van der Waals surface area contributed by atoms with Gasteiger partial charge in [-0.2, -0.15) is 0 Å². The van der Waals surface area contributed by atoms with Crippen LogP contribution in [0.4, 0.5) is 4.79 Å². The largest absolute Gasteiger partial charge is 0.378 e. The first-order valence-electron chi connectivity index (χ1n) is 6.60. The molecule has 0 aromatic heterocycles. The molecule has 2 saturated heterocycles. The third kappa shape index (κ3) is 3.33. The van der Waals surface area contributed by atoms with Crippen molar-refractivity contribution in [2.45, 2.75) is 37.8 Å². The Bertz CT molecular complexity index is 252. The molecule has 0 aromatic rings. The third-order valence-corrected chi connectivity index (χ3v) is 3.66. The van der Waals surface area contributed by atoms with E-state index >= 15 is 0 Å². The standard InChI is InChI=1S/C12H23N3O2/c1-17-11-9-13-8-10(11)14-12(16)15-6-4-2-3-5-7-15/h10-11,13H,2-9H2,1H3,(H,14,16)/t10?,11-/m0/s1. The molecular formula is C12H23N3O2. The third-order valence-electron chi connectivity index (χ3n) is 3.66. The van der Waals surface area contributed by atoms with Gasteiger partial charge in [0, 0.05) is 33.3 Å². The van der Waals surface area contributed by atoms with E-state index in [0.717, 1.165) is 39.0 Å². The Morgan fingerprint density at radius 2 is 1.94 bits per heavy atom. The molecule has 0 aliphatic carbocycles. The Balaban J connectivity index is 1.82. The normalized spacial score (nSPS) is 30.1. The molecule has 0 radical (unpaired) electrons. The monoisotopic (exact) mass is 241 g/mol. The van der Waals surface area contributed by atoms with Gasteiger partial charge in [0.15, 0.2) is 0 Å². The van der Waals surface area contributed by atoms with Crippen LogP contribution in [0.3, 0.4) is 0 Å². The zero-order valence-corrected chi connectivity index (χ0v) is 10.6. The van der Waals surface area contributed by atoms with Crippen LogP contribution in [0.2, 0.25) is 0 Å². The quantitative estimate of drug-likeness (QED) is 0.742. The predicted molar refractivity (Wildman–Crippen MR) is 66.0 cm³/mol. The van der Waals surface area contributed by atoms with Gasteiger partial charge in [0.2, 0.25) is 0 Å². The molecule has 2 rings (SSSR count). The average molecular weight is 241 g/mol. The van der Waals surface area contributed by atoms with E-state index in [1.54, 1.807) is 7.11 Å². The number of nitrogens with zero attached hydrogens (tertiary/aromatic N) is 1. The zero-order chi connectivity index (χ0) is 12.1. The van der Waals surface area contributed by atoms with E-state index in [9.17, 15) is 4.79 Å². The second-order valence-corrected chi connectivity index (χ2v) is 4.89. The Morgan fingerprint density at radius 3 is 2.59 bits per heavy atom. The molecular weight excluding hydrogens is 218 g/mol. The maximum absolute atomic E-state index is 12.1. The Labute approximate surface area is 103 Å². The number of methoxy groups -OCH3 is 1. The summed E-state index contributed by atoms with van der Waals surface area (Å²) >= 11 is 0. The van der Waals surface area contributed by atoms with Crippen LogP contribution in [-0.4, -0.2) is 56.4 Å². The van der Waals surface area contributed by atoms with E-state index in [2.05, 4.69) is 10.6 Å². The van der Waals surface area contributed by atoms with Gasteiger partial charge in [-0.3, -0.25) is 0 Å². The maximum atomic E-state index is 12.1. The summed E-state index contributed by atoms with van der Waals surface area (Å²) in [6.45, 7) is 3.41. The molecule has 2 fully saturated rings. The first-order chi connectivity index (χ1) is 8.31. The highest BCUT2D eigenvalue weighted by Gasteiger charge is 2.29. The van der Waals surface area contributed by atoms with E-state index < -0.39 is 0 Å². The van der Waals surface area contributed by atoms with Crippen LogP contribution in [0, 0.1) is 0 Å². The van der Waals surface area contributed by atoms with E-state index in [1.165, 1.54) is 12.8 Å². The van der Waals surface area contributed by atoms with Gasteiger partial charge >= 0.3 is 6.03 Å². The molecule has 2 N–H and O–H groups in total. The van der Waals surface area contributed by atoms with Gasteiger partial charge in [-0.25, -0.2) is 4.79 Å². The number of nitrogens with one attached hydrogen (secondary N) is 2. The van der Waals surface area contributed by atoms with Gasteiger partial charge in [0.25, 0.3) is 0 Å². The fraction of sp³-hybridized carbons (Fsp3) is 0.917. The molecule has 1 unspecified atom stereocenters. The Kier molecular flexibility index (Phi) is 4.62. The fourth-order valence-electron chi connectivity index (χ4n) is 2.57. The van der Waals surface area contributed by atoms with Gasteiger partial charge in [-0.1, -0.05) is 12.8 Å². The summed E-state index contributed by atoms with van der Waals surface area (Å²) in [6, 6.07) is 0.179. The molecule has 2 heterocycles.